The van der Waals surface area contributed by atoms with Crippen molar-refractivity contribution in [1.29, 1.82) is 0 Å². The van der Waals surface area contributed by atoms with Crippen LogP contribution >= 0.6 is 0 Å². The molecule has 5 heteroatoms. The van der Waals surface area contributed by atoms with Gasteiger partial charge in [-0.2, -0.15) is 0 Å². The zero-order valence-electron chi connectivity index (χ0n) is 9.02. The molecule has 0 aliphatic carbocycles. The third-order valence-electron chi connectivity index (χ3n) is 2.90. The molecular weight excluding hydrogens is 204 g/mol. The Morgan fingerprint density at radius 1 is 1.31 bits per heavy atom. The molecule has 84 valence electrons. The fourth-order valence-electron chi connectivity index (χ4n) is 2.09. The Hall–Kier alpha value is -1.62. The van der Waals surface area contributed by atoms with Gasteiger partial charge in [0.15, 0.2) is 5.58 Å². The number of nitrogens with one attached hydrogen (secondary N) is 1. The average molecular weight is 218 g/mol. The molecule has 0 amide bonds. The molecule has 1 aliphatic heterocycles. The summed E-state index contributed by atoms with van der Waals surface area (Å²) in [5.41, 5.74) is 0.808. The van der Waals surface area contributed by atoms with E-state index in [0.29, 0.717) is 0 Å². The van der Waals surface area contributed by atoms with E-state index in [9.17, 15) is 0 Å². The van der Waals surface area contributed by atoms with Crippen LogP contribution in [-0.2, 0) is 0 Å². The lowest BCUT2D eigenvalue weighted by atomic mass is 10.3. The van der Waals surface area contributed by atoms with E-state index in [1.54, 1.807) is 12.4 Å². The van der Waals surface area contributed by atoms with Gasteiger partial charge in [-0.05, 0) is 13.0 Å². The minimum atomic E-state index is 0.808. The first kappa shape index (κ1) is 9.59. The molecule has 0 aromatic carbocycles. The van der Waals surface area contributed by atoms with Crippen LogP contribution in [0.5, 0.6) is 0 Å². The van der Waals surface area contributed by atoms with Crippen molar-refractivity contribution in [2.45, 2.75) is 6.42 Å². The molecule has 0 spiro atoms. The van der Waals surface area contributed by atoms with Gasteiger partial charge in [-0.25, -0.2) is 4.98 Å². The Morgan fingerprint density at radius 2 is 2.31 bits per heavy atom. The van der Waals surface area contributed by atoms with Gasteiger partial charge >= 0.3 is 0 Å². The minimum Gasteiger partial charge on any atom is -0.356 e. The van der Waals surface area contributed by atoms with Crippen molar-refractivity contribution in [2.75, 3.05) is 31.1 Å². The molecule has 2 aromatic heterocycles. The summed E-state index contributed by atoms with van der Waals surface area (Å²) in [5.74, 6) is 0.988. The fourth-order valence-corrected chi connectivity index (χ4v) is 2.09. The van der Waals surface area contributed by atoms with Crippen molar-refractivity contribution in [2.24, 2.45) is 0 Å². The molecule has 1 aliphatic rings. The van der Waals surface area contributed by atoms with Gasteiger partial charge in [0.05, 0.1) is 11.6 Å². The van der Waals surface area contributed by atoms with E-state index in [1.165, 1.54) is 0 Å². The molecule has 2 aromatic rings. The Morgan fingerprint density at radius 3 is 3.31 bits per heavy atom. The number of hydrogen-bond donors (Lipinski definition) is 1. The van der Waals surface area contributed by atoms with Gasteiger partial charge in [0.25, 0.3) is 0 Å². The van der Waals surface area contributed by atoms with Crippen LogP contribution in [0.1, 0.15) is 6.42 Å². The molecule has 0 radical (unpaired) electrons. The third kappa shape index (κ3) is 1.63. The highest BCUT2D eigenvalue weighted by molar-refractivity contribution is 5.87. The second-order valence-corrected chi connectivity index (χ2v) is 3.96. The summed E-state index contributed by atoms with van der Waals surface area (Å²) in [4.78, 5) is 6.73. The lowest BCUT2D eigenvalue weighted by molar-refractivity contribution is 0.456. The first-order valence-corrected chi connectivity index (χ1v) is 5.60. The molecule has 0 unspecified atom stereocenters. The highest BCUT2D eigenvalue weighted by atomic mass is 16.5. The summed E-state index contributed by atoms with van der Waals surface area (Å²) in [6.45, 7) is 4.10. The lowest BCUT2D eigenvalue weighted by Gasteiger charge is -2.21. The Labute approximate surface area is 93.4 Å². The van der Waals surface area contributed by atoms with Gasteiger partial charge in [-0.15, -0.1) is 0 Å². The average Bonchev–Trinajstić information content (AvgIpc) is 2.63. The summed E-state index contributed by atoms with van der Waals surface area (Å²) in [6, 6.07) is 1.85. The Kier molecular flexibility index (Phi) is 2.46. The van der Waals surface area contributed by atoms with Crippen LogP contribution in [0.3, 0.4) is 0 Å². The van der Waals surface area contributed by atoms with Crippen LogP contribution in [0, 0.1) is 0 Å². The standard InChI is InChI=1S/C11H14N4O/c1-3-12-5-7-15(6-1)11-9-8-14-16-10(9)2-4-13-11/h2,4,8,12H,1,3,5-7H2. The van der Waals surface area contributed by atoms with E-state index in [2.05, 4.69) is 20.4 Å². The topological polar surface area (TPSA) is 54.2 Å². The molecule has 0 atom stereocenters. The quantitative estimate of drug-likeness (QED) is 0.774. The molecular formula is C11H14N4O. The highest BCUT2D eigenvalue weighted by Gasteiger charge is 2.14. The van der Waals surface area contributed by atoms with E-state index < -0.39 is 0 Å². The molecule has 0 saturated carbocycles. The Balaban J connectivity index is 2.00. The molecule has 1 saturated heterocycles. The lowest BCUT2D eigenvalue weighted by Crippen LogP contribution is -2.28. The molecule has 16 heavy (non-hydrogen) atoms. The van der Waals surface area contributed by atoms with Crippen LogP contribution in [0.4, 0.5) is 5.82 Å². The SMILES string of the molecule is c1cc2oncc2c(N2CCCNCC2)n1. The predicted molar refractivity (Wildman–Crippen MR) is 61.5 cm³/mol. The van der Waals surface area contributed by atoms with Crippen LogP contribution < -0.4 is 10.2 Å². The van der Waals surface area contributed by atoms with Crippen molar-refractivity contribution in [3.8, 4) is 0 Å². The molecule has 0 bridgehead atoms. The first-order valence-electron chi connectivity index (χ1n) is 5.60. The van der Waals surface area contributed by atoms with Crippen LogP contribution in [-0.4, -0.2) is 36.3 Å². The smallest absolute Gasteiger partial charge is 0.172 e. The maximum Gasteiger partial charge on any atom is 0.172 e. The van der Waals surface area contributed by atoms with Crippen molar-refractivity contribution < 1.29 is 4.52 Å². The number of nitrogens with zero attached hydrogens (tertiary/aromatic N) is 3. The molecule has 1 N–H and O–H groups in total. The molecule has 3 rings (SSSR count). The van der Waals surface area contributed by atoms with Crippen molar-refractivity contribution in [3.05, 3.63) is 18.5 Å². The molecule has 5 nitrogen and oxygen atoms in total. The van der Waals surface area contributed by atoms with E-state index >= 15 is 0 Å². The van der Waals surface area contributed by atoms with E-state index in [1.807, 2.05) is 6.07 Å². The maximum absolute atomic E-state index is 5.15. The monoisotopic (exact) mass is 218 g/mol. The minimum absolute atomic E-state index is 0.808. The number of pyridine rings is 1. The van der Waals surface area contributed by atoms with Gasteiger partial charge in [-0.1, -0.05) is 5.16 Å². The third-order valence-corrected chi connectivity index (χ3v) is 2.90. The molecule has 3 heterocycles. The van der Waals surface area contributed by atoms with Crippen molar-refractivity contribution >= 4 is 16.8 Å². The van der Waals surface area contributed by atoms with E-state index in [0.717, 1.165) is 49.4 Å². The first-order chi connectivity index (χ1) is 7.95. The maximum atomic E-state index is 5.15. The van der Waals surface area contributed by atoms with Crippen LogP contribution in [0.2, 0.25) is 0 Å². The summed E-state index contributed by atoms with van der Waals surface area (Å²) in [7, 11) is 0. The van der Waals surface area contributed by atoms with Gasteiger partial charge in [0.2, 0.25) is 0 Å². The highest BCUT2D eigenvalue weighted by Crippen LogP contribution is 2.24. The fraction of sp³-hybridized carbons (Fsp3) is 0.455. The number of fused-ring (bicyclic) bond motifs is 1. The summed E-state index contributed by atoms with van der Waals surface area (Å²) < 4.78 is 5.15. The number of hydrogen-bond acceptors (Lipinski definition) is 5. The van der Waals surface area contributed by atoms with Crippen molar-refractivity contribution in [3.63, 3.8) is 0 Å². The van der Waals surface area contributed by atoms with Gasteiger partial charge in [-0.3, -0.25) is 0 Å². The summed E-state index contributed by atoms with van der Waals surface area (Å²) in [6.07, 6.45) is 4.67. The summed E-state index contributed by atoms with van der Waals surface area (Å²) in [5, 5.41) is 8.21. The van der Waals surface area contributed by atoms with Crippen LogP contribution in [0.15, 0.2) is 23.0 Å². The zero-order chi connectivity index (χ0) is 10.8. The normalized spacial score (nSPS) is 17.6. The molecule has 1 fully saturated rings. The van der Waals surface area contributed by atoms with Crippen LogP contribution in [0.25, 0.3) is 11.0 Å². The van der Waals surface area contributed by atoms with Gasteiger partial charge in [0.1, 0.15) is 5.82 Å². The second kappa shape index (κ2) is 4.09. The van der Waals surface area contributed by atoms with E-state index in [4.69, 9.17) is 4.52 Å². The van der Waals surface area contributed by atoms with Gasteiger partial charge < -0.3 is 14.7 Å². The number of aromatic nitrogens is 2. The second-order valence-electron chi connectivity index (χ2n) is 3.96. The van der Waals surface area contributed by atoms with Gasteiger partial charge in [0, 0.05) is 31.9 Å². The number of rotatable bonds is 1. The number of anilines is 1. The largest absolute Gasteiger partial charge is 0.356 e. The predicted octanol–water partition coefficient (Wildman–Crippen LogP) is 1.02. The van der Waals surface area contributed by atoms with E-state index in [-0.39, 0.29) is 0 Å². The zero-order valence-corrected chi connectivity index (χ0v) is 9.02. The Bertz CT molecular complexity index is 474. The summed E-state index contributed by atoms with van der Waals surface area (Å²) >= 11 is 0. The van der Waals surface area contributed by atoms with Crippen molar-refractivity contribution in [1.82, 2.24) is 15.5 Å².